The van der Waals surface area contributed by atoms with E-state index in [0.717, 1.165) is 32.4 Å². The first-order chi connectivity index (χ1) is 12.6. The number of carbonyl (C=O) groups is 1. The number of hydrogen-bond donors (Lipinski definition) is 4. The molecule has 1 spiro atoms. The van der Waals surface area contributed by atoms with Crippen molar-refractivity contribution < 1.29 is 24.5 Å². The fourth-order valence-corrected chi connectivity index (χ4v) is 5.34. The smallest absolute Gasteiger partial charge is 0.261 e. The second kappa shape index (κ2) is 7.53. The van der Waals surface area contributed by atoms with Crippen molar-refractivity contribution in [2.75, 3.05) is 32.9 Å². The van der Waals surface area contributed by atoms with Crippen molar-refractivity contribution in [3.05, 3.63) is 21.4 Å². The molecule has 3 atom stereocenters. The van der Waals surface area contributed by atoms with Crippen LogP contribution in [0.5, 0.6) is 0 Å². The summed E-state index contributed by atoms with van der Waals surface area (Å²) >= 11 is 1.53. The average molecular weight is 382 g/mol. The lowest BCUT2D eigenvalue weighted by Crippen LogP contribution is -2.54. The molecule has 0 saturated carbocycles. The molecular formula is C18H26N2O5S. The molecule has 0 unspecified atom stereocenters. The van der Waals surface area contributed by atoms with Crippen LogP contribution >= 0.6 is 11.3 Å². The summed E-state index contributed by atoms with van der Waals surface area (Å²) in [6.07, 6.45) is 1.69. The molecule has 4 N–H and O–H groups in total. The van der Waals surface area contributed by atoms with Crippen molar-refractivity contribution in [3.8, 4) is 0 Å². The Kier molecular flexibility index (Phi) is 5.31. The molecule has 0 radical (unpaired) electrons. The Bertz CT molecular complexity index is 658. The highest BCUT2D eigenvalue weighted by Crippen LogP contribution is 2.43. The number of piperidine rings is 1. The van der Waals surface area contributed by atoms with Gasteiger partial charge in [0.2, 0.25) is 0 Å². The molecule has 26 heavy (non-hydrogen) atoms. The SMILES string of the molecule is O=C(N[C@H]1CCO[C@H](CO)[C@H]1O)c1cc2c(s1)CCOC21CCNCC1. The molecule has 1 aromatic heterocycles. The Morgan fingerprint density at radius 1 is 1.38 bits per heavy atom. The first kappa shape index (κ1) is 18.3. The zero-order valence-electron chi connectivity index (χ0n) is 14.7. The van der Waals surface area contributed by atoms with Gasteiger partial charge in [-0.05, 0) is 44.0 Å². The summed E-state index contributed by atoms with van der Waals surface area (Å²) in [7, 11) is 0. The zero-order valence-corrected chi connectivity index (χ0v) is 15.5. The quantitative estimate of drug-likeness (QED) is 0.594. The van der Waals surface area contributed by atoms with Crippen molar-refractivity contribution >= 4 is 17.2 Å². The molecule has 4 heterocycles. The van der Waals surface area contributed by atoms with Gasteiger partial charge in [-0.1, -0.05) is 0 Å². The van der Waals surface area contributed by atoms with Crippen LogP contribution in [-0.2, 0) is 21.5 Å². The van der Waals surface area contributed by atoms with Gasteiger partial charge in [-0.3, -0.25) is 4.79 Å². The third-order valence-corrected chi connectivity index (χ3v) is 6.89. The van der Waals surface area contributed by atoms with E-state index >= 15 is 0 Å². The molecule has 1 aromatic rings. The van der Waals surface area contributed by atoms with E-state index in [1.807, 2.05) is 6.07 Å². The summed E-state index contributed by atoms with van der Waals surface area (Å²) in [4.78, 5) is 14.7. The maximum atomic E-state index is 12.8. The third kappa shape index (κ3) is 3.30. The second-order valence-corrected chi connectivity index (χ2v) is 8.38. The summed E-state index contributed by atoms with van der Waals surface area (Å²) in [5.41, 5.74) is 0.912. The molecule has 3 aliphatic rings. The molecule has 1 amide bonds. The number of amides is 1. The highest BCUT2D eigenvalue weighted by Gasteiger charge is 2.41. The number of ether oxygens (including phenoxy) is 2. The first-order valence-electron chi connectivity index (χ1n) is 9.32. The van der Waals surface area contributed by atoms with Gasteiger partial charge in [0.15, 0.2) is 0 Å². The number of aliphatic hydroxyl groups excluding tert-OH is 2. The molecule has 0 bridgehead atoms. The fraction of sp³-hybridized carbons (Fsp3) is 0.722. The summed E-state index contributed by atoms with van der Waals surface area (Å²) in [5, 5.41) is 25.8. The van der Waals surface area contributed by atoms with Gasteiger partial charge in [-0.2, -0.15) is 0 Å². The van der Waals surface area contributed by atoms with Crippen LogP contribution < -0.4 is 10.6 Å². The average Bonchev–Trinajstić information content (AvgIpc) is 3.10. The standard InChI is InChI=1S/C18H26N2O5S/c21-10-13-16(22)12(1-7-24-13)20-17(23)15-9-11-14(26-15)2-8-25-18(11)3-5-19-6-4-18/h9,12-13,16,19,21-22H,1-8,10H2,(H,20,23)/t12-,13+,16-/m0/s1. The Balaban J connectivity index is 1.51. The largest absolute Gasteiger partial charge is 0.394 e. The van der Waals surface area contributed by atoms with Crippen LogP contribution in [0.1, 0.15) is 39.4 Å². The second-order valence-electron chi connectivity index (χ2n) is 7.24. The molecule has 8 heteroatoms. The normalized spacial score (nSPS) is 30.8. The maximum Gasteiger partial charge on any atom is 0.261 e. The number of carbonyl (C=O) groups excluding carboxylic acids is 1. The van der Waals surface area contributed by atoms with Crippen LogP contribution in [0.3, 0.4) is 0 Å². The van der Waals surface area contributed by atoms with Crippen LogP contribution in [0.4, 0.5) is 0 Å². The topological polar surface area (TPSA) is 100 Å². The minimum Gasteiger partial charge on any atom is -0.394 e. The van der Waals surface area contributed by atoms with Gasteiger partial charge in [0.25, 0.3) is 5.91 Å². The molecule has 7 nitrogen and oxygen atoms in total. The molecule has 3 aliphatic heterocycles. The first-order valence-corrected chi connectivity index (χ1v) is 10.1. The summed E-state index contributed by atoms with van der Waals surface area (Å²) in [5.74, 6) is -0.170. The Morgan fingerprint density at radius 2 is 2.19 bits per heavy atom. The van der Waals surface area contributed by atoms with Crippen LogP contribution in [0.2, 0.25) is 0 Å². The predicted molar refractivity (Wildman–Crippen MR) is 96.5 cm³/mol. The van der Waals surface area contributed by atoms with E-state index in [1.165, 1.54) is 21.8 Å². The molecular weight excluding hydrogens is 356 g/mol. The van der Waals surface area contributed by atoms with Gasteiger partial charge in [0.1, 0.15) is 12.2 Å². The number of aliphatic hydroxyl groups is 2. The maximum absolute atomic E-state index is 12.8. The number of nitrogens with one attached hydrogen (secondary N) is 2. The van der Waals surface area contributed by atoms with Crippen LogP contribution in [0.25, 0.3) is 0 Å². The summed E-state index contributed by atoms with van der Waals surface area (Å²) in [6, 6.07) is 1.58. The number of rotatable bonds is 3. The Hall–Kier alpha value is -1.03. The van der Waals surface area contributed by atoms with Crippen molar-refractivity contribution in [1.82, 2.24) is 10.6 Å². The van der Waals surface area contributed by atoms with E-state index in [9.17, 15) is 15.0 Å². The van der Waals surface area contributed by atoms with E-state index in [2.05, 4.69) is 10.6 Å². The minimum absolute atomic E-state index is 0.170. The van der Waals surface area contributed by atoms with Crippen molar-refractivity contribution in [3.63, 3.8) is 0 Å². The van der Waals surface area contributed by atoms with E-state index in [0.29, 0.717) is 24.5 Å². The van der Waals surface area contributed by atoms with Crippen molar-refractivity contribution in [2.45, 2.75) is 49.5 Å². The summed E-state index contributed by atoms with van der Waals surface area (Å²) in [6.45, 7) is 2.71. The predicted octanol–water partition coefficient (Wildman–Crippen LogP) is 0.140. The minimum atomic E-state index is -0.897. The van der Waals surface area contributed by atoms with Crippen LogP contribution in [0, 0.1) is 0 Å². The lowest BCUT2D eigenvalue weighted by molar-refractivity contribution is -0.107. The number of hydrogen-bond acceptors (Lipinski definition) is 7. The highest BCUT2D eigenvalue weighted by atomic mass is 32.1. The monoisotopic (exact) mass is 382 g/mol. The molecule has 2 saturated heterocycles. The Labute approximate surface area is 156 Å². The molecule has 0 aromatic carbocycles. The van der Waals surface area contributed by atoms with Gasteiger partial charge in [0, 0.05) is 17.9 Å². The van der Waals surface area contributed by atoms with Gasteiger partial charge in [-0.15, -0.1) is 11.3 Å². The van der Waals surface area contributed by atoms with Gasteiger partial charge < -0.3 is 30.3 Å². The Morgan fingerprint density at radius 3 is 2.96 bits per heavy atom. The van der Waals surface area contributed by atoms with Gasteiger partial charge >= 0.3 is 0 Å². The molecule has 4 rings (SSSR count). The molecule has 0 aliphatic carbocycles. The van der Waals surface area contributed by atoms with Crippen molar-refractivity contribution in [1.29, 1.82) is 0 Å². The highest BCUT2D eigenvalue weighted by molar-refractivity contribution is 7.14. The van der Waals surface area contributed by atoms with E-state index in [-0.39, 0.29) is 18.1 Å². The number of thiophene rings is 1. The number of fused-ring (bicyclic) bond motifs is 2. The van der Waals surface area contributed by atoms with Crippen LogP contribution in [0.15, 0.2) is 6.07 Å². The van der Waals surface area contributed by atoms with E-state index < -0.39 is 18.2 Å². The van der Waals surface area contributed by atoms with E-state index in [4.69, 9.17) is 9.47 Å². The van der Waals surface area contributed by atoms with Gasteiger partial charge in [0.05, 0.1) is 29.7 Å². The zero-order chi connectivity index (χ0) is 18.1. The van der Waals surface area contributed by atoms with E-state index in [1.54, 1.807) is 0 Å². The molecule has 144 valence electrons. The summed E-state index contributed by atoms with van der Waals surface area (Å²) < 4.78 is 11.5. The lowest BCUT2D eigenvalue weighted by atomic mass is 9.83. The lowest BCUT2D eigenvalue weighted by Gasteiger charge is -2.40. The fourth-order valence-electron chi connectivity index (χ4n) is 4.21. The van der Waals surface area contributed by atoms with Crippen LogP contribution in [-0.4, -0.2) is 67.3 Å². The van der Waals surface area contributed by atoms with Crippen molar-refractivity contribution in [2.24, 2.45) is 0 Å². The van der Waals surface area contributed by atoms with Gasteiger partial charge in [-0.25, -0.2) is 0 Å². The third-order valence-electron chi connectivity index (χ3n) is 5.69. The molecule has 2 fully saturated rings.